The number of hydrogen-bond acceptors (Lipinski definition) is 3. The van der Waals surface area contributed by atoms with E-state index < -0.39 is 29.4 Å². The van der Waals surface area contributed by atoms with Crippen LogP contribution in [0.1, 0.15) is 33.6 Å². The lowest BCUT2D eigenvalue weighted by Crippen LogP contribution is -2.43. The van der Waals surface area contributed by atoms with E-state index in [-0.39, 0.29) is 23.7 Å². The van der Waals surface area contributed by atoms with E-state index in [1.165, 1.54) is 29.2 Å². The summed E-state index contributed by atoms with van der Waals surface area (Å²) in [5.74, 6) is -3.78. The minimum absolute atomic E-state index is 0.141. The van der Waals surface area contributed by atoms with E-state index >= 15 is 0 Å². The van der Waals surface area contributed by atoms with Crippen LogP contribution in [0.4, 0.5) is 14.5 Å². The lowest BCUT2D eigenvalue weighted by Gasteiger charge is -2.32. The molecule has 1 fully saturated rings. The van der Waals surface area contributed by atoms with Crippen LogP contribution in [0, 0.1) is 17.6 Å². The highest BCUT2D eigenvalue weighted by Gasteiger charge is 2.29. The lowest BCUT2D eigenvalue weighted by molar-refractivity contribution is -0.121. The highest BCUT2D eigenvalue weighted by Crippen LogP contribution is 2.22. The van der Waals surface area contributed by atoms with E-state index in [1.54, 1.807) is 0 Å². The van der Waals surface area contributed by atoms with Crippen LogP contribution < -0.4 is 5.32 Å². The third kappa shape index (κ3) is 4.33. The monoisotopic (exact) mass is 388 g/mol. The van der Waals surface area contributed by atoms with E-state index in [2.05, 4.69) is 5.32 Å². The number of nitrogens with one attached hydrogen (secondary N) is 1. The summed E-state index contributed by atoms with van der Waals surface area (Å²) in [6.07, 6.45) is 1.10. The maximum atomic E-state index is 13.9. The summed E-state index contributed by atoms with van der Waals surface area (Å²) in [5, 5.41) is 11.4. The molecule has 1 aliphatic rings. The second-order valence-electron chi connectivity index (χ2n) is 6.59. The van der Waals surface area contributed by atoms with Gasteiger partial charge in [0.25, 0.3) is 5.91 Å². The highest BCUT2D eigenvalue weighted by molar-refractivity contribution is 5.97. The maximum absolute atomic E-state index is 13.9. The third-order valence-corrected chi connectivity index (χ3v) is 4.64. The molecule has 0 aromatic heterocycles. The van der Waals surface area contributed by atoms with Crippen LogP contribution in [0.25, 0.3) is 0 Å². The Morgan fingerprint density at radius 1 is 1.04 bits per heavy atom. The number of halogens is 2. The summed E-state index contributed by atoms with van der Waals surface area (Å²) in [6.45, 7) is 0.602. The van der Waals surface area contributed by atoms with Crippen molar-refractivity contribution in [2.45, 2.75) is 12.8 Å². The standard InChI is InChI=1S/C20H18F2N2O4/c21-15-6-3-12(4-7-15)19(26)24-9-1-2-14(11-24)18(25)23-17-10-13(20(27)28)5-8-16(17)22/h3-8,10,14H,1-2,9,11H2,(H,23,25)(H,27,28). The van der Waals surface area contributed by atoms with Crippen LogP contribution in [-0.4, -0.2) is 40.9 Å². The second kappa shape index (κ2) is 8.16. The predicted molar refractivity (Wildman–Crippen MR) is 97.0 cm³/mol. The summed E-state index contributed by atoms with van der Waals surface area (Å²) < 4.78 is 26.9. The average molecular weight is 388 g/mol. The van der Waals surface area contributed by atoms with Gasteiger partial charge in [-0.1, -0.05) is 0 Å². The largest absolute Gasteiger partial charge is 0.478 e. The molecule has 1 aliphatic heterocycles. The highest BCUT2D eigenvalue weighted by atomic mass is 19.1. The molecule has 146 valence electrons. The molecule has 8 heteroatoms. The minimum Gasteiger partial charge on any atom is -0.478 e. The van der Waals surface area contributed by atoms with Crippen molar-refractivity contribution in [1.82, 2.24) is 4.90 Å². The topological polar surface area (TPSA) is 86.7 Å². The van der Waals surface area contributed by atoms with Crippen molar-refractivity contribution in [3.8, 4) is 0 Å². The van der Waals surface area contributed by atoms with Gasteiger partial charge in [-0.15, -0.1) is 0 Å². The number of hydrogen-bond donors (Lipinski definition) is 2. The number of amides is 2. The molecule has 0 spiro atoms. The normalized spacial score (nSPS) is 16.5. The maximum Gasteiger partial charge on any atom is 0.335 e. The van der Waals surface area contributed by atoms with Crippen LogP contribution in [0.3, 0.4) is 0 Å². The molecular weight excluding hydrogens is 370 g/mol. The van der Waals surface area contributed by atoms with Crippen LogP contribution >= 0.6 is 0 Å². The predicted octanol–water partition coefficient (Wildman–Crippen LogP) is 3.15. The van der Waals surface area contributed by atoms with E-state index in [1.807, 2.05) is 0 Å². The fraction of sp³-hybridized carbons (Fsp3) is 0.250. The fourth-order valence-electron chi connectivity index (χ4n) is 3.14. The number of anilines is 1. The Hall–Kier alpha value is -3.29. The molecule has 1 heterocycles. The molecule has 0 radical (unpaired) electrons. The van der Waals surface area contributed by atoms with Crippen LogP contribution in [0.5, 0.6) is 0 Å². The Bertz CT molecular complexity index is 915. The molecule has 6 nitrogen and oxygen atoms in total. The number of carbonyl (C=O) groups is 3. The molecule has 3 rings (SSSR count). The van der Waals surface area contributed by atoms with Gasteiger partial charge in [-0.3, -0.25) is 9.59 Å². The number of likely N-dealkylation sites (tertiary alicyclic amines) is 1. The molecule has 2 amide bonds. The average Bonchev–Trinajstić information content (AvgIpc) is 2.69. The van der Waals surface area contributed by atoms with Crippen molar-refractivity contribution in [3.05, 3.63) is 65.2 Å². The van der Waals surface area contributed by atoms with Crippen molar-refractivity contribution in [1.29, 1.82) is 0 Å². The quantitative estimate of drug-likeness (QED) is 0.842. The Morgan fingerprint density at radius 2 is 1.71 bits per heavy atom. The molecule has 0 aliphatic carbocycles. The van der Waals surface area contributed by atoms with Gasteiger partial charge in [0.1, 0.15) is 11.6 Å². The summed E-state index contributed by atoms with van der Waals surface area (Å²) in [7, 11) is 0. The van der Waals surface area contributed by atoms with Crippen LogP contribution in [-0.2, 0) is 4.79 Å². The Morgan fingerprint density at radius 3 is 2.39 bits per heavy atom. The molecule has 2 aromatic rings. The SMILES string of the molecule is O=C(O)c1ccc(F)c(NC(=O)C2CCCN(C(=O)c3ccc(F)cc3)C2)c1. The van der Waals surface area contributed by atoms with Gasteiger partial charge >= 0.3 is 5.97 Å². The Balaban J connectivity index is 1.69. The van der Waals surface area contributed by atoms with Gasteiger partial charge in [0.15, 0.2) is 0 Å². The van der Waals surface area contributed by atoms with E-state index in [4.69, 9.17) is 5.11 Å². The van der Waals surface area contributed by atoms with E-state index in [9.17, 15) is 23.2 Å². The van der Waals surface area contributed by atoms with Gasteiger partial charge in [0, 0.05) is 18.7 Å². The number of carboxylic acid groups (broad SMARTS) is 1. The number of nitrogens with zero attached hydrogens (tertiary/aromatic N) is 1. The third-order valence-electron chi connectivity index (χ3n) is 4.64. The van der Waals surface area contributed by atoms with Crippen molar-refractivity contribution in [2.24, 2.45) is 5.92 Å². The zero-order valence-corrected chi connectivity index (χ0v) is 14.8. The van der Waals surface area contributed by atoms with E-state index in [0.717, 1.165) is 18.2 Å². The number of piperidine rings is 1. The summed E-state index contributed by atoms with van der Waals surface area (Å²) in [4.78, 5) is 37.6. The van der Waals surface area contributed by atoms with Crippen LogP contribution in [0.2, 0.25) is 0 Å². The Kier molecular flexibility index (Phi) is 5.67. The minimum atomic E-state index is -1.23. The Labute approximate surface area is 159 Å². The molecule has 1 atom stereocenters. The van der Waals surface area contributed by atoms with Gasteiger partial charge in [0.2, 0.25) is 5.91 Å². The summed E-state index contributed by atoms with van der Waals surface area (Å²) >= 11 is 0. The molecule has 2 aromatic carbocycles. The fourth-order valence-corrected chi connectivity index (χ4v) is 3.14. The molecule has 1 saturated heterocycles. The summed E-state index contributed by atoms with van der Waals surface area (Å²) in [5.41, 5.74) is -0.0389. The molecule has 0 saturated carbocycles. The smallest absolute Gasteiger partial charge is 0.335 e. The first kappa shape index (κ1) is 19.5. The molecular formula is C20H18F2N2O4. The molecule has 2 N–H and O–H groups in total. The number of rotatable bonds is 4. The lowest BCUT2D eigenvalue weighted by atomic mass is 9.96. The van der Waals surface area contributed by atoms with E-state index in [0.29, 0.717) is 24.9 Å². The first-order valence-corrected chi connectivity index (χ1v) is 8.73. The number of benzene rings is 2. The second-order valence-corrected chi connectivity index (χ2v) is 6.59. The first-order chi connectivity index (χ1) is 13.3. The van der Waals surface area contributed by atoms with Crippen molar-refractivity contribution in [2.75, 3.05) is 18.4 Å². The zero-order chi connectivity index (χ0) is 20.3. The van der Waals surface area contributed by atoms with Gasteiger partial charge in [-0.25, -0.2) is 13.6 Å². The number of carboxylic acids is 1. The van der Waals surface area contributed by atoms with Crippen molar-refractivity contribution >= 4 is 23.5 Å². The van der Waals surface area contributed by atoms with Gasteiger partial charge in [-0.2, -0.15) is 0 Å². The van der Waals surface area contributed by atoms with Gasteiger partial charge < -0.3 is 15.3 Å². The van der Waals surface area contributed by atoms with Crippen molar-refractivity contribution < 1.29 is 28.3 Å². The first-order valence-electron chi connectivity index (χ1n) is 8.73. The molecule has 0 bridgehead atoms. The molecule has 28 heavy (non-hydrogen) atoms. The number of aromatic carboxylic acids is 1. The van der Waals surface area contributed by atoms with Gasteiger partial charge in [0.05, 0.1) is 17.2 Å². The number of carbonyl (C=O) groups excluding carboxylic acids is 2. The van der Waals surface area contributed by atoms with Crippen LogP contribution in [0.15, 0.2) is 42.5 Å². The van der Waals surface area contributed by atoms with Gasteiger partial charge in [-0.05, 0) is 55.3 Å². The molecule has 1 unspecified atom stereocenters. The summed E-state index contributed by atoms with van der Waals surface area (Å²) in [6, 6.07) is 8.29. The zero-order valence-electron chi connectivity index (χ0n) is 14.8. The van der Waals surface area contributed by atoms with Crippen molar-refractivity contribution in [3.63, 3.8) is 0 Å².